The van der Waals surface area contributed by atoms with E-state index >= 15 is 0 Å². The second-order valence-corrected chi connectivity index (χ2v) is 10.5. The minimum absolute atomic E-state index is 0.195. The highest BCUT2D eigenvalue weighted by Crippen LogP contribution is 2.31. The molecule has 1 aliphatic heterocycles. The van der Waals surface area contributed by atoms with Gasteiger partial charge in [-0.1, -0.05) is 60.1 Å². The number of benzene rings is 4. The predicted molar refractivity (Wildman–Crippen MR) is 166 cm³/mol. The molecule has 0 aromatic heterocycles. The fourth-order valence-electron chi connectivity index (χ4n) is 4.24. The first-order valence-electron chi connectivity index (χ1n) is 12.8. The first-order valence-corrected chi connectivity index (χ1v) is 13.9. The van der Waals surface area contributed by atoms with Crippen LogP contribution in [0.3, 0.4) is 0 Å². The summed E-state index contributed by atoms with van der Waals surface area (Å²) in [6.45, 7) is 1.61. The zero-order chi connectivity index (χ0) is 29.8. The van der Waals surface area contributed by atoms with Gasteiger partial charge in [0.05, 0.1) is 15.8 Å². The number of hydrogen-bond acceptors (Lipinski definition) is 5. The number of barbiturate groups is 1. The van der Waals surface area contributed by atoms with Gasteiger partial charge in [-0.05, 0) is 88.6 Å². The van der Waals surface area contributed by atoms with E-state index in [2.05, 4.69) is 21.2 Å². The third-order valence-corrected chi connectivity index (χ3v) is 7.39. The van der Waals surface area contributed by atoms with Crippen LogP contribution in [0.4, 0.5) is 21.9 Å². The van der Waals surface area contributed by atoms with Crippen LogP contribution in [0.15, 0.2) is 107 Å². The molecule has 0 atom stereocenters. The third-order valence-electron chi connectivity index (χ3n) is 6.36. The zero-order valence-electron chi connectivity index (χ0n) is 22.2. The Kier molecular flexibility index (Phi) is 8.51. The maximum Gasteiger partial charge on any atom is 0.343 e. The van der Waals surface area contributed by atoms with Crippen molar-refractivity contribution in [3.05, 3.63) is 123 Å². The summed E-state index contributed by atoms with van der Waals surface area (Å²) in [5.41, 5.74) is 2.42. The highest BCUT2D eigenvalue weighted by Gasteiger charge is 2.43. The highest BCUT2D eigenvalue weighted by atomic mass is 79.9. The lowest BCUT2D eigenvalue weighted by Crippen LogP contribution is -2.57. The number of urea groups is 1. The van der Waals surface area contributed by atoms with Crippen LogP contribution in [-0.4, -0.2) is 30.4 Å². The molecule has 5 amide bonds. The number of halogens is 2. The van der Waals surface area contributed by atoms with Crippen LogP contribution >= 0.6 is 27.5 Å². The smallest absolute Gasteiger partial charge is 0.343 e. The van der Waals surface area contributed by atoms with Crippen molar-refractivity contribution in [3.8, 4) is 5.75 Å². The largest absolute Gasteiger partial charge is 0.483 e. The van der Waals surface area contributed by atoms with Crippen molar-refractivity contribution < 1.29 is 23.9 Å². The normalized spacial score (nSPS) is 13.3. The van der Waals surface area contributed by atoms with Crippen LogP contribution in [-0.2, 0) is 14.4 Å². The lowest BCUT2D eigenvalue weighted by Gasteiger charge is -2.33. The van der Waals surface area contributed by atoms with Crippen LogP contribution < -0.4 is 19.9 Å². The van der Waals surface area contributed by atoms with Crippen LogP contribution in [0.25, 0.3) is 6.08 Å². The van der Waals surface area contributed by atoms with E-state index in [1.807, 2.05) is 6.92 Å². The number of anilines is 3. The Bertz CT molecular complexity index is 1660. The summed E-state index contributed by atoms with van der Waals surface area (Å²) < 4.78 is 6.16. The van der Waals surface area contributed by atoms with Gasteiger partial charge < -0.3 is 10.1 Å². The molecular weight excluding hydrogens is 622 g/mol. The lowest BCUT2D eigenvalue weighted by atomic mass is 10.0. The van der Waals surface area contributed by atoms with Crippen molar-refractivity contribution in [2.45, 2.75) is 6.92 Å². The Labute approximate surface area is 255 Å². The van der Waals surface area contributed by atoms with Crippen molar-refractivity contribution in [1.82, 2.24) is 0 Å². The van der Waals surface area contributed by atoms with Gasteiger partial charge in [0.2, 0.25) is 0 Å². The molecule has 4 aromatic carbocycles. The third kappa shape index (κ3) is 6.12. The summed E-state index contributed by atoms with van der Waals surface area (Å²) in [4.78, 5) is 54.9. The number of rotatable bonds is 7. The van der Waals surface area contributed by atoms with E-state index in [1.54, 1.807) is 97.1 Å². The molecule has 0 bridgehead atoms. The van der Waals surface area contributed by atoms with Gasteiger partial charge in [-0.3, -0.25) is 14.4 Å². The summed E-state index contributed by atoms with van der Waals surface area (Å²) in [7, 11) is 0. The van der Waals surface area contributed by atoms with E-state index in [0.717, 1.165) is 15.4 Å². The number of nitrogens with zero attached hydrogens (tertiary/aromatic N) is 2. The van der Waals surface area contributed by atoms with Crippen molar-refractivity contribution >= 4 is 74.4 Å². The minimum Gasteiger partial charge on any atom is -0.483 e. The van der Waals surface area contributed by atoms with Crippen molar-refractivity contribution in [2.75, 3.05) is 21.7 Å². The molecule has 1 N–H and O–H groups in total. The molecule has 210 valence electrons. The average molecular weight is 645 g/mol. The average Bonchev–Trinajstić information content (AvgIpc) is 2.98. The lowest BCUT2D eigenvalue weighted by molar-refractivity contribution is -0.121. The first kappa shape index (κ1) is 28.8. The molecule has 0 aliphatic carbocycles. The van der Waals surface area contributed by atoms with Crippen LogP contribution in [0.1, 0.15) is 11.1 Å². The first-order chi connectivity index (χ1) is 20.2. The van der Waals surface area contributed by atoms with Gasteiger partial charge >= 0.3 is 6.03 Å². The maximum atomic E-state index is 13.5. The van der Waals surface area contributed by atoms with E-state index in [0.29, 0.717) is 37.9 Å². The predicted octanol–water partition coefficient (Wildman–Crippen LogP) is 7.01. The Hall–Kier alpha value is -4.73. The quantitative estimate of drug-likeness (QED) is 0.173. The van der Waals surface area contributed by atoms with Crippen molar-refractivity contribution in [3.63, 3.8) is 0 Å². The number of aryl methyl sites for hydroxylation is 1. The van der Waals surface area contributed by atoms with Crippen molar-refractivity contribution in [1.29, 1.82) is 0 Å². The van der Waals surface area contributed by atoms with Gasteiger partial charge in [0, 0.05) is 10.7 Å². The van der Waals surface area contributed by atoms with Gasteiger partial charge in [-0.2, -0.15) is 0 Å². The van der Waals surface area contributed by atoms with Crippen LogP contribution in [0, 0.1) is 6.92 Å². The second-order valence-electron chi connectivity index (χ2n) is 9.28. The number of amides is 5. The molecule has 0 saturated carbocycles. The van der Waals surface area contributed by atoms with E-state index in [-0.39, 0.29) is 18.1 Å². The van der Waals surface area contributed by atoms with Gasteiger partial charge in [-0.15, -0.1) is 0 Å². The molecule has 0 radical (unpaired) electrons. The standard InChI is InChI=1S/C32H23BrClN3O5/c1-20-12-14-22(18-27(20)34)35-29(38)19-42-28-15-13-21(17-26(28)33)16-25-30(39)36(23-8-4-2-5-9-23)32(41)37(31(25)40)24-10-6-3-7-11-24/h2-18H,19H2,1H3,(H,35,38). The molecule has 10 heteroatoms. The fourth-order valence-corrected chi connectivity index (χ4v) is 4.93. The molecule has 1 fully saturated rings. The summed E-state index contributed by atoms with van der Waals surface area (Å²) in [6.07, 6.45) is 1.42. The van der Waals surface area contributed by atoms with Crippen LogP contribution in [0.2, 0.25) is 5.02 Å². The van der Waals surface area contributed by atoms with Gasteiger partial charge in [0.25, 0.3) is 17.7 Å². The molecule has 8 nitrogen and oxygen atoms in total. The Balaban J connectivity index is 1.38. The van der Waals surface area contributed by atoms with E-state index in [9.17, 15) is 19.2 Å². The molecule has 1 heterocycles. The number of carbonyl (C=O) groups is 4. The summed E-state index contributed by atoms with van der Waals surface area (Å²) in [5, 5.41) is 3.27. The number of hydrogen-bond donors (Lipinski definition) is 1. The Morgan fingerprint density at radius 3 is 2.00 bits per heavy atom. The van der Waals surface area contributed by atoms with Crippen molar-refractivity contribution in [2.24, 2.45) is 0 Å². The molecule has 0 unspecified atom stereocenters. The number of para-hydroxylation sites is 2. The molecule has 1 aliphatic rings. The Morgan fingerprint density at radius 2 is 1.45 bits per heavy atom. The topological polar surface area (TPSA) is 96.0 Å². The number of carbonyl (C=O) groups excluding carboxylic acids is 4. The Morgan fingerprint density at radius 1 is 0.857 bits per heavy atom. The molecule has 5 rings (SSSR count). The SMILES string of the molecule is Cc1ccc(NC(=O)COc2ccc(C=C3C(=O)N(c4ccccc4)C(=O)N(c4ccccc4)C3=O)cc2Br)cc1Cl. The van der Waals surface area contributed by atoms with Gasteiger partial charge in [0.15, 0.2) is 6.61 Å². The minimum atomic E-state index is -0.768. The fraction of sp³-hybridized carbons (Fsp3) is 0.0625. The van der Waals surface area contributed by atoms with Gasteiger partial charge in [-0.25, -0.2) is 14.6 Å². The second kappa shape index (κ2) is 12.4. The van der Waals surface area contributed by atoms with E-state index in [4.69, 9.17) is 16.3 Å². The highest BCUT2D eigenvalue weighted by molar-refractivity contribution is 9.10. The maximum absolute atomic E-state index is 13.5. The molecule has 4 aromatic rings. The number of ether oxygens (including phenoxy) is 1. The van der Waals surface area contributed by atoms with E-state index < -0.39 is 17.8 Å². The van der Waals surface area contributed by atoms with E-state index in [1.165, 1.54) is 6.08 Å². The number of imide groups is 2. The molecule has 0 spiro atoms. The summed E-state index contributed by atoms with van der Waals surface area (Å²) in [5.74, 6) is -1.49. The summed E-state index contributed by atoms with van der Waals surface area (Å²) in [6, 6.07) is 26.2. The molecule has 1 saturated heterocycles. The molecule has 42 heavy (non-hydrogen) atoms. The molecular formula is C32H23BrClN3O5. The number of nitrogens with one attached hydrogen (secondary N) is 1. The monoisotopic (exact) mass is 643 g/mol. The van der Waals surface area contributed by atoms with Crippen LogP contribution in [0.5, 0.6) is 5.75 Å². The van der Waals surface area contributed by atoms with Gasteiger partial charge in [0.1, 0.15) is 11.3 Å². The summed E-state index contributed by atoms with van der Waals surface area (Å²) >= 11 is 9.56. The zero-order valence-corrected chi connectivity index (χ0v) is 24.6.